The van der Waals surface area contributed by atoms with Crippen LogP contribution >= 0.6 is 0 Å². The molecule has 0 aromatic heterocycles. The van der Waals surface area contributed by atoms with E-state index in [0.717, 1.165) is 109 Å². The van der Waals surface area contributed by atoms with E-state index in [-0.39, 0.29) is 19.4 Å². The van der Waals surface area contributed by atoms with E-state index in [0.29, 0.717) is 12.8 Å². The SMILES string of the molecule is CC/C=C\C/C=C\C/C=C\C/C=C\C/C=C\CCCCCCCCC(O)C(=O)NC(COC1OC(CO)C(O)C(O)C1OC(=O)CCCCCCCCCCCCCCCCCCCCCCCCCCCCC)C(O)/C=C/CCCCCCCCCCCC. The molecule has 1 heterocycles. The summed E-state index contributed by atoms with van der Waals surface area (Å²) in [6.07, 6.45) is 76.7. The summed E-state index contributed by atoms with van der Waals surface area (Å²) in [4.78, 5) is 26.7. The van der Waals surface area contributed by atoms with Gasteiger partial charge in [-0.25, -0.2) is 0 Å². The van der Waals surface area contributed by atoms with Gasteiger partial charge in [0.25, 0.3) is 0 Å². The van der Waals surface area contributed by atoms with Gasteiger partial charge in [0.1, 0.15) is 24.4 Å². The number of carbonyl (C=O) groups is 2. The van der Waals surface area contributed by atoms with Gasteiger partial charge in [0.15, 0.2) is 12.4 Å². The molecular formula is C79H143NO10. The Balaban J connectivity index is 2.52. The summed E-state index contributed by atoms with van der Waals surface area (Å²) in [5.41, 5.74) is 0. The molecule has 0 saturated carbocycles. The number of allylic oxidation sites excluding steroid dienone is 11. The highest BCUT2D eigenvalue weighted by atomic mass is 16.7. The van der Waals surface area contributed by atoms with Crippen molar-refractivity contribution in [1.29, 1.82) is 0 Å². The molecule has 0 radical (unpaired) electrons. The Morgan fingerprint density at radius 1 is 0.444 bits per heavy atom. The summed E-state index contributed by atoms with van der Waals surface area (Å²) in [6, 6.07) is -1.03. The Kier molecular flexibility index (Phi) is 62.5. The molecule has 1 aliphatic heterocycles. The number of unbranched alkanes of at least 4 members (excludes halogenated alkanes) is 42. The van der Waals surface area contributed by atoms with E-state index < -0.39 is 67.4 Å². The first-order valence-electron chi connectivity index (χ1n) is 38.2. The van der Waals surface area contributed by atoms with Crippen LogP contribution in [-0.2, 0) is 23.8 Å². The second-order valence-electron chi connectivity index (χ2n) is 26.4. The standard InChI is InChI=1S/C79H143NO10/c1-4-7-10-13-16-19-22-25-27-29-31-33-35-36-37-38-39-41-43-45-47-49-52-55-58-61-64-67-74(84)90-77-76(86)75(85)73(68-81)89-79(77)88-69-70(71(82)65-62-59-56-53-50-24-21-18-15-12-9-6-3)80-78(87)72(83)66-63-60-57-54-51-48-46-44-42-40-34-32-30-28-26-23-20-17-14-11-8-5-2/h8,11,17,20,26,28,32,34,42,44,62,65,70-73,75-77,79,81-83,85-86H,4-7,9-10,12-16,18-19,21-25,27,29-31,33,35-41,43,45-61,63-64,66-69H2,1-3H3,(H,80,87)/b11-8-,20-17-,28-26-,34-32-,44-42-,65-62+. The molecule has 0 spiro atoms. The number of carbonyl (C=O) groups excluding carboxylic acids is 2. The third-order valence-electron chi connectivity index (χ3n) is 17.9. The minimum atomic E-state index is -1.62. The van der Waals surface area contributed by atoms with Crippen LogP contribution in [0.4, 0.5) is 0 Å². The fraction of sp³-hybridized carbons (Fsp3) is 0.823. The number of esters is 1. The van der Waals surface area contributed by atoms with Gasteiger partial charge in [-0.05, 0) is 70.6 Å². The molecule has 11 heteroatoms. The first kappa shape index (κ1) is 85.1. The van der Waals surface area contributed by atoms with Crippen LogP contribution in [0.3, 0.4) is 0 Å². The van der Waals surface area contributed by atoms with Gasteiger partial charge in [0.05, 0.1) is 25.4 Å². The quantitative estimate of drug-likeness (QED) is 0.0195. The second-order valence-corrected chi connectivity index (χ2v) is 26.4. The summed E-state index contributed by atoms with van der Waals surface area (Å²) in [6.45, 7) is 5.72. The van der Waals surface area contributed by atoms with Crippen molar-refractivity contribution in [2.24, 2.45) is 0 Å². The van der Waals surface area contributed by atoms with E-state index >= 15 is 0 Å². The van der Waals surface area contributed by atoms with Crippen LogP contribution < -0.4 is 5.32 Å². The molecule has 0 aromatic rings. The van der Waals surface area contributed by atoms with Crippen LogP contribution in [0.2, 0.25) is 0 Å². The second kappa shape index (κ2) is 66.1. The number of aliphatic hydroxyl groups excluding tert-OH is 5. The summed E-state index contributed by atoms with van der Waals surface area (Å²) < 4.78 is 17.7. The molecule has 1 fully saturated rings. The summed E-state index contributed by atoms with van der Waals surface area (Å²) >= 11 is 0. The van der Waals surface area contributed by atoms with Crippen molar-refractivity contribution in [3.05, 3.63) is 72.9 Å². The Morgan fingerprint density at radius 2 is 0.800 bits per heavy atom. The van der Waals surface area contributed by atoms with Gasteiger partial charge >= 0.3 is 5.97 Å². The van der Waals surface area contributed by atoms with Crippen molar-refractivity contribution < 1.29 is 49.3 Å². The van der Waals surface area contributed by atoms with Crippen molar-refractivity contribution >= 4 is 11.9 Å². The van der Waals surface area contributed by atoms with E-state index in [4.69, 9.17) is 14.2 Å². The number of rotatable bonds is 66. The van der Waals surface area contributed by atoms with Gasteiger partial charge in [-0.15, -0.1) is 0 Å². The van der Waals surface area contributed by atoms with E-state index in [1.165, 1.54) is 199 Å². The third-order valence-corrected chi connectivity index (χ3v) is 17.9. The smallest absolute Gasteiger partial charge is 0.306 e. The molecule has 90 heavy (non-hydrogen) atoms. The molecular weight excluding hydrogens is 1120 g/mol. The molecule has 0 bridgehead atoms. The first-order valence-corrected chi connectivity index (χ1v) is 38.2. The highest BCUT2D eigenvalue weighted by Crippen LogP contribution is 2.27. The molecule has 8 atom stereocenters. The maximum Gasteiger partial charge on any atom is 0.306 e. The Hall–Kier alpha value is -2.90. The number of amides is 1. The molecule has 1 rings (SSSR count). The topological polar surface area (TPSA) is 175 Å². The number of nitrogens with one attached hydrogen (secondary N) is 1. The maximum atomic E-state index is 13.5. The summed E-state index contributed by atoms with van der Waals surface area (Å²) in [5.74, 6) is -1.19. The predicted molar refractivity (Wildman–Crippen MR) is 379 cm³/mol. The van der Waals surface area contributed by atoms with Gasteiger partial charge in [0.2, 0.25) is 5.91 Å². The monoisotopic (exact) mass is 1270 g/mol. The molecule has 0 aliphatic carbocycles. The van der Waals surface area contributed by atoms with Crippen molar-refractivity contribution in [2.75, 3.05) is 13.2 Å². The highest BCUT2D eigenvalue weighted by Gasteiger charge is 2.47. The van der Waals surface area contributed by atoms with Crippen LogP contribution in [0.5, 0.6) is 0 Å². The van der Waals surface area contributed by atoms with Crippen LogP contribution in [0.1, 0.15) is 355 Å². The molecule has 1 saturated heterocycles. The van der Waals surface area contributed by atoms with Crippen molar-refractivity contribution in [1.82, 2.24) is 5.32 Å². The number of hydrogen-bond donors (Lipinski definition) is 6. The molecule has 6 N–H and O–H groups in total. The molecule has 0 aromatic carbocycles. The number of ether oxygens (including phenoxy) is 3. The highest BCUT2D eigenvalue weighted by molar-refractivity contribution is 5.80. The lowest BCUT2D eigenvalue weighted by Crippen LogP contribution is -2.61. The van der Waals surface area contributed by atoms with E-state index in [2.05, 4.69) is 86.8 Å². The predicted octanol–water partition coefficient (Wildman–Crippen LogP) is 20.2. The van der Waals surface area contributed by atoms with Gasteiger partial charge in [0, 0.05) is 6.42 Å². The van der Waals surface area contributed by atoms with Crippen LogP contribution in [0.25, 0.3) is 0 Å². The fourth-order valence-electron chi connectivity index (χ4n) is 11.9. The summed E-state index contributed by atoms with van der Waals surface area (Å²) in [7, 11) is 0. The average Bonchev–Trinajstić information content (AvgIpc) is 1.14. The van der Waals surface area contributed by atoms with Crippen LogP contribution in [-0.4, -0.2) is 99.6 Å². The maximum absolute atomic E-state index is 13.5. The zero-order chi connectivity index (χ0) is 65.3. The molecule has 524 valence electrons. The molecule has 8 unspecified atom stereocenters. The van der Waals surface area contributed by atoms with E-state index in [9.17, 15) is 35.1 Å². The molecule has 11 nitrogen and oxygen atoms in total. The first-order chi connectivity index (χ1) is 44.2. The lowest BCUT2D eigenvalue weighted by Gasteiger charge is -2.41. The van der Waals surface area contributed by atoms with Crippen molar-refractivity contribution in [3.63, 3.8) is 0 Å². The minimum Gasteiger partial charge on any atom is -0.454 e. The van der Waals surface area contributed by atoms with Crippen molar-refractivity contribution in [3.8, 4) is 0 Å². The normalized spacial score (nSPS) is 18.4. The third kappa shape index (κ3) is 52.5. The lowest BCUT2D eigenvalue weighted by molar-refractivity contribution is -0.305. The van der Waals surface area contributed by atoms with Gasteiger partial charge in [-0.2, -0.15) is 0 Å². The zero-order valence-corrected chi connectivity index (χ0v) is 58.5. The summed E-state index contributed by atoms with van der Waals surface area (Å²) in [5, 5.41) is 57.3. The van der Waals surface area contributed by atoms with E-state index in [1.807, 2.05) is 6.08 Å². The number of hydrogen-bond acceptors (Lipinski definition) is 10. The molecule has 1 amide bonds. The zero-order valence-electron chi connectivity index (χ0n) is 58.5. The Labute approximate surface area is 553 Å². The van der Waals surface area contributed by atoms with Crippen molar-refractivity contribution in [2.45, 2.75) is 404 Å². The fourth-order valence-corrected chi connectivity index (χ4v) is 11.9. The van der Waals surface area contributed by atoms with Gasteiger partial charge in [-0.1, -0.05) is 351 Å². The Morgan fingerprint density at radius 3 is 1.20 bits per heavy atom. The van der Waals surface area contributed by atoms with Crippen LogP contribution in [0, 0.1) is 0 Å². The Bertz CT molecular complexity index is 1750. The van der Waals surface area contributed by atoms with Gasteiger partial charge in [-0.3, -0.25) is 9.59 Å². The molecule has 1 aliphatic rings. The number of aliphatic hydroxyl groups is 5. The average molecular weight is 1270 g/mol. The minimum absolute atomic E-state index is 0.125. The lowest BCUT2D eigenvalue weighted by atomic mass is 9.99. The van der Waals surface area contributed by atoms with Gasteiger partial charge < -0.3 is 45.1 Å². The van der Waals surface area contributed by atoms with E-state index in [1.54, 1.807) is 6.08 Å². The largest absolute Gasteiger partial charge is 0.454 e. The van der Waals surface area contributed by atoms with Crippen LogP contribution in [0.15, 0.2) is 72.9 Å².